The van der Waals surface area contributed by atoms with Gasteiger partial charge < -0.3 is 9.88 Å². The van der Waals surface area contributed by atoms with Gasteiger partial charge in [0, 0.05) is 25.0 Å². The molecule has 0 amide bonds. The monoisotopic (exact) mass is 261 g/mol. The molecule has 0 spiro atoms. The lowest BCUT2D eigenvalue weighted by atomic mass is 10.2. The second-order valence-electron chi connectivity index (χ2n) is 4.90. The molecule has 2 aromatic rings. The fourth-order valence-corrected chi connectivity index (χ4v) is 3.38. The van der Waals surface area contributed by atoms with Crippen LogP contribution < -0.4 is 5.32 Å². The van der Waals surface area contributed by atoms with Crippen LogP contribution in [0.15, 0.2) is 29.2 Å². The van der Waals surface area contributed by atoms with Crippen molar-refractivity contribution >= 4 is 17.3 Å². The van der Waals surface area contributed by atoms with Gasteiger partial charge in [0.1, 0.15) is 0 Å². The zero-order valence-corrected chi connectivity index (χ0v) is 11.3. The van der Waals surface area contributed by atoms with Crippen molar-refractivity contribution in [3.63, 3.8) is 0 Å². The summed E-state index contributed by atoms with van der Waals surface area (Å²) < 4.78 is 2.32. The van der Waals surface area contributed by atoms with Crippen molar-refractivity contribution in [1.29, 1.82) is 0 Å². The van der Waals surface area contributed by atoms with Crippen LogP contribution in [-0.2, 0) is 6.42 Å². The molecule has 1 aliphatic rings. The SMILES string of the molecule is c1cn(C2CCCC2)c(NCCc2ccsc2)n1. The fourth-order valence-electron chi connectivity index (χ4n) is 2.68. The number of hydrogen-bond donors (Lipinski definition) is 1. The predicted octanol–water partition coefficient (Wildman–Crippen LogP) is 3.71. The van der Waals surface area contributed by atoms with E-state index < -0.39 is 0 Å². The normalized spacial score (nSPS) is 16.2. The summed E-state index contributed by atoms with van der Waals surface area (Å²) >= 11 is 1.76. The number of nitrogens with zero attached hydrogens (tertiary/aromatic N) is 2. The van der Waals surface area contributed by atoms with Crippen molar-refractivity contribution in [3.05, 3.63) is 34.8 Å². The van der Waals surface area contributed by atoms with Crippen LogP contribution in [0.4, 0.5) is 5.95 Å². The molecule has 0 radical (unpaired) electrons. The van der Waals surface area contributed by atoms with Crippen molar-refractivity contribution < 1.29 is 0 Å². The molecule has 1 fully saturated rings. The second kappa shape index (κ2) is 5.57. The van der Waals surface area contributed by atoms with Gasteiger partial charge in [0.2, 0.25) is 5.95 Å². The number of aromatic nitrogens is 2. The lowest BCUT2D eigenvalue weighted by molar-refractivity contribution is 0.523. The minimum Gasteiger partial charge on any atom is -0.355 e. The summed E-state index contributed by atoms with van der Waals surface area (Å²) in [7, 11) is 0. The van der Waals surface area contributed by atoms with E-state index in [2.05, 4.69) is 37.9 Å². The highest BCUT2D eigenvalue weighted by Gasteiger charge is 2.18. The van der Waals surface area contributed by atoms with Crippen molar-refractivity contribution in [3.8, 4) is 0 Å². The van der Waals surface area contributed by atoms with Crippen LogP contribution in [0.5, 0.6) is 0 Å². The topological polar surface area (TPSA) is 29.9 Å². The summed E-state index contributed by atoms with van der Waals surface area (Å²) in [5.74, 6) is 1.04. The van der Waals surface area contributed by atoms with E-state index in [1.54, 1.807) is 11.3 Å². The summed E-state index contributed by atoms with van der Waals surface area (Å²) in [6.45, 7) is 0.959. The second-order valence-corrected chi connectivity index (χ2v) is 5.68. The Bertz CT molecular complexity index is 469. The van der Waals surface area contributed by atoms with Gasteiger partial charge in [-0.15, -0.1) is 0 Å². The van der Waals surface area contributed by atoms with Crippen LogP contribution >= 0.6 is 11.3 Å². The summed E-state index contributed by atoms with van der Waals surface area (Å²) in [5.41, 5.74) is 1.41. The molecule has 1 N–H and O–H groups in total. The van der Waals surface area contributed by atoms with Crippen LogP contribution in [0, 0.1) is 0 Å². The van der Waals surface area contributed by atoms with Gasteiger partial charge in [-0.1, -0.05) is 12.8 Å². The summed E-state index contributed by atoms with van der Waals surface area (Å²) in [6.07, 6.45) is 10.4. The predicted molar refractivity (Wildman–Crippen MR) is 76.2 cm³/mol. The van der Waals surface area contributed by atoms with Crippen LogP contribution in [0.2, 0.25) is 0 Å². The Morgan fingerprint density at radius 1 is 1.39 bits per heavy atom. The van der Waals surface area contributed by atoms with E-state index in [1.807, 2.05) is 6.20 Å². The average Bonchev–Trinajstić information content (AvgIpc) is 3.12. The molecule has 18 heavy (non-hydrogen) atoms. The maximum Gasteiger partial charge on any atom is 0.203 e. The lowest BCUT2D eigenvalue weighted by Gasteiger charge is -2.15. The molecule has 0 aliphatic heterocycles. The van der Waals surface area contributed by atoms with Gasteiger partial charge >= 0.3 is 0 Å². The standard InChI is InChI=1S/C14H19N3S/c1-2-4-13(3-1)17-9-8-16-14(17)15-7-5-12-6-10-18-11-12/h6,8-11,13H,1-5,7H2,(H,15,16). The van der Waals surface area contributed by atoms with Crippen LogP contribution in [-0.4, -0.2) is 16.1 Å². The van der Waals surface area contributed by atoms with Crippen molar-refractivity contribution in [2.24, 2.45) is 0 Å². The number of imidazole rings is 1. The number of anilines is 1. The first-order valence-electron chi connectivity index (χ1n) is 6.71. The zero-order valence-electron chi connectivity index (χ0n) is 10.5. The highest BCUT2D eigenvalue weighted by molar-refractivity contribution is 7.07. The largest absolute Gasteiger partial charge is 0.355 e. The van der Waals surface area contributed by atoms with E-state index in [0.717, 1.165) is 18.9 Å². The Morgan fingerprint density at radius 3 is 3.06 bits per heavy atom. The number of thiophene rings is 1. The van der Waals surface area contributed by atoms with E-state index in [9.17, 15) is 0 Å². The molecule has 2 aromatic heterocycles. The number of hydrogen-bond acceptors (Lipinski definition) is 3. The van der Waals surface area contributed by atoms with Crippen molar-refractivity contribution in [2.75, 3.05) is 11.9 Å². The minimum atomic E-state index is 0.663. The summed E-state index contributed by atoms with van der Waals surface area (Å²) in [6, 6.07) is 2.85. The van der Waals surface area contributed by atoms with Crippen LogP contribution in [0.3, 0.4) is 0 Å². The quantitative estimate of drug-likeness (QED) is 0.889. The van der Waals surface area contributed by atoms with Crippen molar-refractivity contribution in [2.45, 2.75) is 38.1 Å². The van der Waals surface area contributed by atoms with Gasteiger partial charge in [-0.2, -0.15) is 11.3 Å². The van der Waals surface area contributed by atoms with Crippen molar-refractivity contribution in [1.82, 2.24) is 9.55 Å². The molecule has 0 unspecified atom stereocenters. The average molecular weight is 261 g/mol. The molecule has 1 saturated carbocycles. The molecule has 0 aromatic carbocycles. The minimum absolute atomic E-state index is 0.663. The van der Waals surface area contributed by atoms with E-state index in [0.29, 0.717) is 6.04 Å². The molecular formula is C14H19N3S. The van der Waals surface area contributed by atoms with Gasteiger partial charge in [-0.05, 0) is 41.7 Å². The number of nitrogens with one attached hydrogen (secondary N) is 1. The molecular weight excluding hydrogens is 242 g/mol. The van der Waals surface area contributed by atoms with E-state index in [1.165, 1.54) is 31.2 Å². The highest BCUT2D eigenvalue weighted by atomic mass is 32.1. The first-order valence-corrected chi connectivity index (χ1v) is 7.65. The molecule has 0 saturated heterocycles. The smallest absolute Gasteiger partial charge is 0.203 e. The third kappa shape index (κ3) is 2.58. The van der Waals surface area contributed by atoms with Gasteiger partial charge in [-0.25, -0.2) is 4.98 Å². The van der Waals surface area contributed by atoms with Crippen LogP contribution in [0.1, 0.15) is 37.3 Å². The van der Waals surface area contributed by atoms with E-state index >= 15 is 0 Å². The first kappa shape index (κ1) is 11.8. The zero-order chi connectivity index (χ0) is 12.2. The van der Waals surface area contributed by atoms with Gasteiger partial charge in [0.05, 0.1) is 0 Å². The Hall–Kier alpha value is -1.29. The van der Waals surface area contributed by atoms with Gasteiger partial charge in [0.25, 0.3) is 0 Å². The molecule has 4 heteroatoms. The molecule has 1 aliphatic carbocycles. The third-order valence-electron chi connectivity index (χ3n) is 3.66. The van der Waals surface area contributed by atoms with Crippen LogP contribution in [0.25, 0.3) is 0 Å². The maximum atomic E-state index is 4.43. The Balaban J connectivity index is 1.57. The Kier molecular flexibility index (Phi) is 3.64. The summed E-state index contributed by atoms with van der Waals surface area (Å²) in [4.78, 5) is 4.43. The molecule has 3 nitrogen and oxygen atoms in total. The van der Waals surface area contributed by atoms with Gasteiger partial charge in [-0.3, -0.25) is 0 Å². The molecule has 0 bridgehead atoms. The number of rotatable bonds is 5. The first-order chi connectivity index (χ1) is 8.93. The lowest BCUT2D eigenvalue weighted by Crippen LogP contribution is -2.12. The molecule has 3 rings (SSSR count). The Labute approximate surface area is 112 Å². The maximum absolute atomic E-state index is 4.43. The summed E-state index contributed by atoms with van der Waals surface area (Å²) in [5, 5.41) is 7.81. The Morgan fingerprint density at radius 2 is 2.28 bits per heavy atom. The third-order valence-corrected chi connectivity index (χ3v) is 4.40. The molecule has 96 valence electrons. The fraction of sp³-hybridized carbons (Fsp3) is 0.500. The van der Waals surface area contributed by atoms with E-state index in [4.69, 9.17) is 0 Å². The van der Waals surface area contributed by atoms with E-state index in [-0.39, 0.29) is 0 Å². The molecule has 2 heterocycles. The molecule has 0 atom stereocenters. The highest BCUT2D eigenvalue weighted by Crippen LogP contribution is 2.31. The van der Waals surface area contributed by atoms with Gasteiger partial charge in [0.15, 0.2) is 0 Å².